The largest absolute Gasteiger partial charge is 0.350 e. The lowest BCUT2D eigenvalue weighted by atomic mass is 10.1. The summed E-state index contributed by atoms with van der Waals surface area (Å²) in [5.41, 5.74) is 1.66. The average molecular weight is 494 g/mol. The number of nitrogens with zero attached hydrogens (tertiary/aromatic N) is 3. The first kappa shape index (κ1) is 24.2. The van der Waals surface area contributed by atoms with Gasteiger partial charge in [-0.05, 0) is 36.4 Å². The number of nitro groups is 1. The van der Waals surface area contributed by atoms with E-state index < -0.39 is 4.92 Å². The summed E-state index contributed by atoms with van der Waals surface area (Å²) in [6, 6.07) is 20.6. The highest BCUT2D eigenvalue weighted by Crippen LogP contribution is 2.29. The Labute approximate surface area is 207 Å². The summed E-state index contributed by atoms with van der Waals surface area (Å²) in [5.74, 6) is -0.463. The molecule has 0 aliphatic carbocycles. The molecular formula is C25H24ClN5O4. The fraction of sp³-hybridized carbons (Fsp3) is 0.200. The minimum atomic E-state index is -0.502. The lowest BCUT2D eigenvalue weighted by Crippen LogP contribution is -2.50. The number of nitro benzene ring substituents is 1. The fourth-order valence-corrected chi connectivity index (χ4v) is 4.03. The van der Waals surface area contributed by atoms with Gasteiger partial charge in [-0.2, -0.15) is 0 Å². The van der Waals surface area contributed by atoms with Crippen LogP contribution in [0.1, 0.15) is 10.4 Å². The minimum Gasteiger partial charge on any atom is -0.350 e. The lowest BCUT2D eigenvalue weighted by molar-refractivity contribution is -0.383. The van der Waals surface area contributed by atoms with E-state index in [1.54, 1.807) is 53.4 Å². The highest BCUT2D eigenvalue weighted by atomic mass is 35.5. The first-order valence-corrected chi connectivity index (χ1v) is 11.4. The van der Waals surface area contributed by atoms with Crippen LogP contribution in [-0.4, -0.2) is 59.3 Å². The number of carbonyl (C=O) groups is 2. The SMILES string of the molecule is O=C(CN1CCN(C(=O)c2ccc(Nc3ccccc3)c([N+](=O)[O-])c2)CC1)Nc1ccccc1Cl. The lowest BCUT2D eigenvalue weighted by Gasteiger charge is -2.34. The molecule has 3 aromatic rings. The predicted octanol–water partition coefficient (Wildman–Crippen LogP) is 4.39. The van der Waals surface area contributed by atoms with Crippen LogP contribution in [0, 0.1) is 10.1 Å². The third-order valence-electron chi connectivity index (χ3n) is 5.67. The summed E-state index contributed by atoms with van der Waals surface area (Å²) in [4.78, 5) is 40.1. The third-order valence-corrected chi connectivity index (χ3v) is 6.00. The maximum atomic E-state index is 13.0. The molecule has 0 bridgehead atoms. The van der Waals surface area contributed by atoms with Crippen molar-refractivity contribution in [2.45, 2.75) is 0 Å². The van der Waals surface area contributed by atoms with Gasteiger partial charge in [0.05, 0.1) is 22.2 Å². The Hall–Kier alpha value is -3.95. The van der Waals surface area contributed by atoms with Crippen LogP contribution >= 0.6 is 11.6 Å². The Bertz CT molecular complexity index is 1230. The first-order chi connectivity index (χ1) is 16.9. The number of nitrogens with one attached hydrogen (secondary N) is 2. The minimum absolute atomic E-state index is 0.172. The number of benzene rings is 3. The molecule has 0 saturated carbocycles. The molecule has 0 radical (unpaired) electrons. The Morgan fingerprint density at radius 3 is 2.29 bits per heavy atom. The van der Waals surface area contributed by atoms with Crippen molar-refractivity contribution >= 4 is 46.2 Å². The number of rotatable bonds is 7. The van der Waals surface area contributed by atoms with Gasteiger partial charge in [0.25, 0.3) is 11.6 Å². The highest BCUT2D eigenvalue weighted by molar-refractivity contribution is 6.33. The molecule has 4 rings (SSSR count). The molecule has 180 valence electrons. The van der Waals surface area contributed by atoms with Crippen LogP contribution < -0.4 is 10.6 Å². The summed E-state index contributed by atoms with van der Waals surface area (Å²) in [6.07, 6.45) is 0. The zero-order valence-electron chi connectivity index (χ0n) is 18.8. The summed E-state index contributed by atoms with van der Waals surface area (Å²) >= 11 is 6.09. The molecule has 9 nitrogen and oxygen atoms in total. The topological polar surface area (TPSA) is 108 Å². The molecule has 0 spiro atoms. The Morgan fingerprint density at radius 1 is 0.914 bits per heavy atom. The van der Waals surface area contributed by atoms with E-state index in [-0.39, 0.29) is 29.6 Å². The van der Waals surface area contributed by atoms with Gasteiger partial charge in [0.15, 0.2) is 0 Å². The van der Waals surface area contributed by atoms with Crippen LogP contribution in [0.25, 0.3) is 0 Å². The number of halogens is 1. The van der Waals surface area contributed by atoms with Gasteiger partial charge in [0, 0.05) is 43.5 Å². The molecule has 2 N–H and O–H groups in total. The van der Waals surface area contributed by atoms with Crippen molar-refractivity contribution in [1.82, 2.24) is 9.80 Å². The number of anilines is 3. The van der Waals surface area contributed by atoms with Crippen molar-refractivity contribution in [1.29, 1.82) is 0 Å². The van der Waals surface area contributed by atoms with Crippen LogP contribution in [0.15, 0.2) is 72.8 Å². The van der Waals surface area contributed by atoms with E-state index in [1.807, 2.05) is 23.1 Å². The molecule has 0 aromatic heterocycles. The highest BCUT2D eigenvalue weighted by Gasteiger charge is 2.25. The molecule has 1 aliphatic heterocycles. The van der Waals surface area contributed by atoms with Crippen molar-refractivity contribution in [2.75, 3.05) is 43.4 Å². The van der Waals surface area contributed by atoms with Crippen molar-refractivity contribution in [3.8, 4) is 0 Å². The number of amides is 2. The van der Waals surface area contributed by atoms with Crippen molar-refractivity contribution in [3.05, 3.63) is 93.5 Å². The van der Waals surface area contributed by atoms with Gasteiger partial charge in [-0.25, -0.2) is 0 Å². The van der Waals surface area contributed by atoms with Crippen LogP contribution in [0.2, 0.25) is 5.02 Å². The van der Waals surface area contributed by atoms with Crippen LogP contribution in [0.5, 0.6) is 0 Å². The molecule has 10 heteroatoms. The predicted molar refractivity (Wildman–Crippen MR) is 135 cm³/mol. The zero-order valence-corrected chi connectivity index (χ0v) is 19.6. The van der Waals surface area contributed by atoms with Crippen LogP contribution in [-0.2, 0) is 4.79 Å². The van der Waals surface area contributed by atoms with Gasteiger partial charge in [-0.3, -0.25) is 24.6 Å². The summed E-state index contributed by atoms with van der Waals surface area (Å²) in [6.45, 7) is 2.03. The smallest absolute Gasteiger partial charge is 0.293 e. The number of hydrogen-bond acceptors (Lipinski definition) is 6. The molecule has 1 fully saturated rings. The summed E-state index contributed by atoms with van der Waals surface area (Å²) in [5, 5.41) is 17.9. The molecule has 2 amide bonds. The van der Waals surface area contributed by atoms with E-state index in [1.165, 1.54) is 6.07 Å². The average Bonchev–Trinajstić information content (AvgIpc) is 2.86. The fourth-order valence-electron chi connectivity index (χ4n) is 3.85. The molecule has 0 unspecified atom stereocenters. The number of carbonyl (C=O) groups excluding carboxylic acids is 2. The van der Waals surface area contributed by atoms with E-state index >= 15 is 0 Å². The van der Waals surface area contributed by atoms with Gasteiger partial charge in [0.2, 0.25) is 5.91 Å². The Balaban J connectivity index is 1.35. The molecule has 1 saturated heterocycles. The Morgan fingerprint density at radius 2 is 1.60 bits per heavy atom. The number of para-hydroxylation sites is 2. The molecule has 35 heavy (non-hydrogen) atoms. The monoisotopic (exact) mass is 493 g/mol. The van der Waals surface area contributed by atoms with E-state index in [0.29, 0.717) is 48.3 Å². The van der Waals surface area contributed by atoms with Crippen LogP contribution in [0.3, 0.4) is 0 Å². The van der Waals surface area contributed by atoms with Gasteiger partial charge in [-0.15, -0.1) is 0 Å². The maximum Gasteiger partial charge on any atom is 0.293 e. The second kappa shape index (κ2) is 11.0. The quantitative estimate of drug-likeness (QED) is 0.373. The molecule has 1 heterocycles. The second-order valence-electron chi connectivity index (χ2n) is 8.08. The Kier molecular flexibility index (Phi) is 7.59. The number of piperazine rings is 1. The summed E-state index contributed by atoms with van der Waals surface area (Å²) < 4.78 is 0. The van der Waals surface area contributed by atoms with Gasteiger partial charge in [0.1, 0.15) is 5.69 Å². The van der Waals surface area contributed by atoms with Crippen molar-refractivity contribution in [3.63, 3.8) is 0 Å². The molecule has 3 aromatic carbocycles. The first-order valence-electron chi connectivity index (χ1n) is 11.1. The number of hydrogen-bond donors (Lipinski definition) is 2. The van der Waals surface area contributed by atoms with E-state index in [2.05, 4.69) is 10.6 Å². The third kappa shape index (κ3) is 6.14. The molecular weight excluding hydrogens is 470 g/mol. The van der Waals surface area contributed by atoms with E-state index in [9.17, 15) is 19.7 Å². The second-order valence-corrected chi connectivity index (χ2v) is 8.48. The van der Waals surface area contributed by atoms with Crippen molar-refractivity contribution in [2.24, 2.45) is 0 Å². The van der Waals surface area contributed by atoms with Gasteiger partial charge < -0.3 is 15.5 Å². The molecule has 0 atom stereocenters. The standard InChI is InChI=1S/C25H24ClN5O4/c26-20-8-4-5-9-21(20)28-24(32)17-29-12-14-30(15-13-29)25(33)18-10-11-22(23(16-18)31(34)35)27-19-6-2-1-3-7-19/h1-11,16,27H,12-15,17H2,(H,28,32). The normalized spacial score (nSPS) is 13.8. The summed E-state index contributed by atoms with van der Waals surface area (Å²) in [7, 11) is 0. The zero-order chi connectivity index (χ0) is 24.8. The van der Waals surface area contributed by atoms with Gasteiger partial charge in [-0.1, -0.05) is 41.9 Å². The van der Waals surface area contributed by atoms with Gasteiger partial charge >= 0.3 is 0 Å². The maximum absolute atomic E-state index is 13.0. The van der Waals surface area contributed by atoms with Crippen LogP contribution in [0.4, 0.5) is 22.7 Å². The van der Waals surface area contributed by atoms with E-state index in [0.717, 1.165) is 0 Å². The van der Waals surface area contributed by atoms with E-state index in [4.69, 9.17) is 11.6 Å². The molecule has 1 aliphatic rings. The van der Waals surface area contributed by atoms with Crippen molar-refractivity contribution < 1.29 is 14.5 Å².